The minimum Gasteiger partial charge on any atom is -0.440 e. The van der Waals surface area contributed by atoms with Crippen LogP contribution in [0.5, 0.6) is 0 Å². The fraction of sp³-hybridized carbons (Fsp3) is 0.308. The minimum atomic E-state index is -4.37. The van der Waals surface area contributed by atoms with E-state index in [2.05, 4.69) is 10.3 Å². The largest absolute Gasteiger partial charge is 0.440 e. The predicted molar refractivity (Wildman–Crippen MR) is 64.4 cm³/mol. The van der Waals surface area contributed by atoms with E-state index >= 15 is 0 Å². The Hall–Kier alpha value is -1.82. The number of oxazole rings is 1. The van der Waals surface area contributed by atoms with Crippen LogP contribution in [0.2, 0.25) is 0 Å². The van der Waals surface area contributed by atoms with Crippen LogP contribution in [0.15, 0.2) is 34.9 Å². The summed E-state index contributed by atoms with van der Waals surface area (Å²) < 4.78 is 43.3. The Morgan fingerprint density at radius 3 is 2.68 bits per heavy atom. The number of nitrogens with one attached hydrogen (secondary N) is 1. The Balaban J connectivity index is 2.34. The molecule has 3 nitrogen and oxygen atoms in total. The van der Waals surface area contributed by atoms with Gasteiger partial charge in [-0.3, -0.25) is 0 Å². The fourth-order valence-corrected chi connectivity index (χ4v) is 1.59. The second-order valence-corrected chi connectivity index (χ2v) is 4.16. The summed E-state index contributed by atoms with van der Waals surface area (Å²) in [5, 5.41) is 2.97. The molecule has 0 aliphatic heterocycles. The number of hydrogen-bond donors (Lipinski definition) is 1. The molecule has 2 aromatic rings. The Labute approximate surface area is 108 Å². The smallest absolute Gasteiger partial charge is 0.416 e. The van der Waals surface area contributed by atoms with Gasteiger partial charge in [-0.15, -0.1) is 0 Å². The lowest BCUT2D eigenvalue weighted by Gasteiger charge is -2.07. The van der Waals surface area contributed by atoms with Crippen molar-refractivity contribution in [2.24, 2.45) is 0 Å². The van der Waals surface area contributed by atoms with Crippen LogP contribution in [0.25, 0.3) is 11.5 Å². The molecule has 0 aliphatic rings. The highest BCUT2D eigenvalue weighted by Crippen LogP contribution is 2.32. The molecule has 0 saturated heterocycles. The van der Waals surface area contributed by atoms with E-state index in [1.807, 2.05) is 6.92 Å². The monoisotopic (exact) mass is 270 g/mol. The third-order valence-electron chi connectivity index (χ3n) is 2.82. The number of benzene rings is 1. The maximum absolute atomic E-state index is 12.6. The molecule has 1 aromatic carbocycles. The molecule has 0 radical (unpaired) electrons. The summed E-state index contributed by atoms with van der Waals surface area (Å²) in [5.41, 5.74) is -0.407. The molecule has 6 heteroatoms. The van der Waals surface area contributed by atoms with Gasteiger partial charge in [0.15, 0.2) is 0 Å². The van der Waals surface area contributed by atoms with Gasteiger partial charge >= 0.3 is 6.18 Å². The number of hydrogen-bond acceptors (Lipinski definition) is 3. The topological polar surface area (TPSA) is 38.1 Å². The first-order valence-corrected chi connectivity index (χ1v) is 5.72. The fourth-order valence-electron chi connectivity index (χ4n) is 1.59. The highest BCUT2D eigenvalue weighted by atomic mass is 19.4. The molecule has 102 valence electrons. The van der Waals surface area contributed by atoms with Crippen molar-refractivity contribution in [1.29, 1.82) is 0 Å². The molecular weight excluding hydrogens is 257 g/mol. The highest BCUT2D eigenvalue weighted by Gasteiger charge is 2.30. The number of rotatable bonds is 3. The zero-order valence-electron chi connectivity index (χ0n) is 10.5. The summed E-state index contributed by atoms with van der Waals surface area (Å²) >= 11 is 0. The minimum absolute atomic E-state index is 0.0490. The van der Waals surface area contributed by atoms with Gasteiger partial charge in [0, 0.05) is 5.56 Å². The van der Waals surface area contributed by atoms with E-state index in [4.69, 9.17) is 4.42 Å². The molecule has 1 unspecified atom stereocenters. The normalized spacial score (nSPS) is 13.5. The predicted octanol–water partition coefficient (Wildman–Crippen LogP) is 3.64. The van der Waals surface area contributed by atoms with Crippen LogP contribution < -0.4 is 5.32 Å². The van der Waals surface area contributed by atoms with Crippen LogP contribution in [0.4, 0.5) is 13.2 Å². The van der Waals surface area contributed by atoms with Crippen molar-refractivity contribution in [3.63, 3.8) is 0 Å². The van der Waals surface area contributed by atoms with E-state index in [0.717, 1.165) is 12.1 Å². The van der Waals surface area contributed by atoms with Crippen molar-refractivity contribution >= 4 is 0 Å². The van der Waals surface area contributed by atoms with Crippen molar-refractivity contribution in [2.75, 3.05) is 7.05 Å². The molecular formula is C13H13F3N2O. The molecule has 0 bridgehead atoms. The third-order valence-corrected chi connectivity index (χ3v) is 2.82. The Morgan fingerprint density at radius 1 is 1.32 bits per heavy atom. The van der Waals surface area contributed by atoms with Gasteiger partial charge in [-0.1, -0.05) is 6.07 Å². The molecule has 19 heavy (non-hydrogen) atoms. The molecule has 0 amide bonds. The van der Waals surface area contributed by atoms with Crippen LogP contribution in [-0.4, -0.2) is 12.0 Å². The Kier molecular flexibility index (Phi) is 3.61. The highest BCUT2D eigenvalue weighted by molar-refractivity contribution is 5.54. The van der Waals surface area contributed by atoms with E-state index in [0.29, 0.717) is 11.3 Å². The van der Waals surface area contributed by atoms with E-state index in [-0.39, 0.29) is 11.9 Å². The molecule has 0 fully saturated rings. The van der Waals surface area contributed by atoms with Crippen LogP contribution in [0.1, 0.15) is 24.3 Å². The summed E-state index contributed by atoms with van der Waals surface area (Å²) in [7, 11) is 1.76. The summed E-state index contributed by atoms with van der Waals surface area (Å²) in [4.78, 5) is 4.00. The number of aromatic nitrogens is 1. The van der Waals surface area contributed by atoms with E-state index in [1.165, 1.54) is 18.3 Å². The van der Waals surface area contributed by atoms with E-state index in [1.54, 1.807) is 7.05 Å². The van der Waals surface area contributed by atoms with E-state index in [9.17, 15) is 13.2 Å². The number of nitrogens with zero attached hydrogens (tertiary/aromatic N) is 1. The van der Waals surface area contributed by atoms with Gasteiger partial charge in [-0.2, -0.15) is 13.2 Å². The van der Waals surface area contributed by atoms with Gasteiger partial charge in [0.25, 0.3) is 0 Å². The average molecular weight is 270 g/mol. The Bertz CT molecular complexity index is 563. The SMILES string of the molecule is CNC(C)c1cnc(-c2cccc(C(F)(F)F)c2)o1. The maximum atomic E-state index is 12.6. The van der Waals surface area contributed by atoms with Crippen molar-refractivity contribution < 1.29 is 17.6 Å². The first kappa shape index (κ1) is 13.6. The molecule has 1 aromatic heterocycles. The molecule has 0 aliphatic carbocycles. The second kappa shape index (κ2) is 5.05. The standard InChI is InChI=1S/C13H13F3N2O/c1-8(17-2)11-7-18-12(19-11)9-4-3-5-10(6-9)13(14,15)16/h3-8,17H,1-2H3. The lowest BCUT2D eigenvalue weighted by atomic mass is 10.1. The summed E-state index contributed by atoms with van der Waals surface area (Å²) in [6.45, 7) is 1.87. The molecule has 1 atom stereocenters. The molecule has 2 rings (SSSR count). The Morgan fingerprint density at radius 2 is 2.05 bits per heavy atom. The molecule has 0 spiro atoms. The van der Waals surface area contributed by atoms with Crippen LogP contribution in [-0.2, 0) is 6.18 Å². The summed E-state index contributed by atoms with van der Waals surface area (Å²) in [6.07, 6.45) is -2.86. The van der Waals surface area contributed by atoms with Crippen molar-refractivity contribution in [1.82, 2.24) is 10.3 Å². The lowest BCUT2D eigenvalue weighted by Crippen LogP contribution is -2.11. The zero-order valence-corrected chi connectivity index (χ0v) is 10.5. The van der Waals surface area contributed by atoms with Gasteiger partial charge < -0.3 is 9.73 Å². The molecule has 1 N–H and O–H groups in total. The van der Waals surface area contributed by atoms with Crippen molar-refractivity contribution in [2.45, 2.75) is 19.1 Å². The zero-order chi connectivity index (χ0) is 14.0. The average Bonchev–Trinajstić information content (AvgIpc) is 2.86. The van der Waals surface area contributed by atoms with Crippen molar-refractivity contribution in [3.05, 3.63) is 41.8 Å². The van der Waals surface area contributed by atoms with Crippen LogP contribution in [0.3, 0.4) is 0 Å². The number of halogens is 3. The molecule has 0 saturated carbocycles. The first-order chi connectivity index (χ1) is 8.91. The van der Waals surface area contributed by atoms with Crippen LogP contribution >= 0.6 is 0 Å². The maximum Gasteiger partial charge on any atom is 0.416 e. The number of alkyl halides is 3. The van der Waals surface area contributed by atoms with Gasteiger partial charge in [-0.05, 0) is 32.2 Å². The van der Waals surface area contributed by atoms with Gasteiger partial charge in [-0.25, -0.2) is 4.98 Å². The quantitative estimate of drug-likeness (QED) is 0.925. The lowest BCUT2D eigenvalue weighted by molar-refractivity contribution is -0.137. The van der Waals surface area contributed by atoms with E-state index < -0.39 is 11.7 Å². The van der Waals surface area contributed by atoms with Gasteiger partial charge in [0.2, 0.25) is 5.89 Å². The second-order valence-electron chi connectivity index (χ2n) is 4.16. The third kappa shape index (κ3) is 2.96. The van der Waals surface area contributed by atoms with Gasteiger partial charge in [0.1, 0.15) is 5.76 Å². The van der Waals surface area contributed by atoms with Crippen molar-refractivity contribution in [3.8, 4) is 11.5 Å². The van der Waals surface area contributed by atoms with Crippen LogP contribution in [0, 0.1) is 0 Å². The summed E-state index contributed by atoms with van der Waals surface area (Å²) in [6, 6.07) is 4.87. The summed E-state index contributed by atoms with van der Waals surface area (Å²) in [5.74, 6) is 0.762. The first-order valence-electron chi connectivity index (χ1n) is 5.72. The van der Waals surface area contributed by atoms with Gasteiger partial charge in [0.05, 0.1) is 17.8 Å². The molecule has 1 heterocycles.